The molecule has 6 heteroatoms. The quantitative estimate of drug-likeness (QED) is 0.862. The highest BCUT2D eigenvalue weighted by molar-refractivity contribution is 7.88. The standard InChI is InChI=1S/C15H27NO4S/c1-11-5-6-14(15(17)18)13(8-11)9-12-4-3-7-16(10-12)21(2,19)20/h11-14H,3-10H2,1-2H3,(H,17,18). The topological polar surface area (TPSA) is 74.7 Å². The van der Waals surface area contributed by atoms with Crippen LogP contribution in [0.1, 0.15) is 45.4 Å². The number of nitrogens with zero attached hydrogens (tertiary/aromatic N) is 1. The number of hydrogen-bond acceptors (Lipinski definition) is 3. The number of piperidine rings is 1. The Bertz CT molecular complexity index is 476. The first-order valence-electron chi connectivity index (χ1n) is 7.95. The van der Waals surface area contributed by atoms with Gasteiger partial charge >= 0.3 is 5.97 Å². The van der Waals surface area contributed by atoms with Gasteiger partial charge in [0.25, 0.3) is 0 Å². The molecule has 1 N–H and O–H groups in total. The monoisotopic (exact) mass is 317 g/mol. The molecular weight excluding hydrogens is 290 g/mol. The molecule has 1 heterocycles. The highest BCUT2D eigenvalue weighted by atomic mass is 32.2. The van der Waals surface area contributed by atoms with Gasteiger partial charge in [0.05, 0.1) is 12.2 Å². The summed E-state index contributed by atoms with van der Waals surface area (Å²) in [4.78, 5) is 11.4. The molecule has 122 valence electrons. The lowest BCUT2D eigenvalue weighted by molar-refractivity contribution is -0.145. The summed E-state index contributed by atoms with van der Waals surface area (Å²) in [6.45, 7) is 3.36. The fraction of sp³-hybridized carbons (Fsp3) is 0.933. The summed E-state index contributed by atoms with van der Waals surface area (Å²) in [7, 11) is -3.12. The number of carboxylic acid groups (broad SMARTS) is 1. The zero-order valence-corrected chi connectivity index (χ0v) is 13.8. The molecule has 4 atom stereocenters. The molecule has 0 amide bonds. The fourth-order valence-corrected chi connectivity index (χ4v) is 4.98. The molecule has 2 aliphatic rings. The van der Waals surface area contributed by atoms with Gasteiger partial charge < -0.3 is 5.11 Å². The Kier molecular flexibility index (Phi) is 5.30. The smallest absolute Gasteiger partial charge is 0.306 e. The third-order valence-corrected chi connectivity index (χ3v) is 6.42. The molecule has 0 aromatic heterocycles. The van der Waals surface area contributed by atoms with Crippen molar-refractivity contribution < 1.29 is 18.3 Å². The van der Waals surface area contributed by atoms with Crippen molar-refractivity contribution in [3.05, 3.63) is 0 Å². The van der Waals surface area contributed by atoms with Crippen molar-refractivity contribution >= 4 is 16.0 Å². The zero-order valence-electron chi connectivity index (χ0n) is 13.0. The van der Waals surface area contributed by atoms with Crippen LogP contribution in [0.4, 0.5) is 0 Å². The average Bonchev–Trinajstić information content (AvgIpc) is 2.37. The summed E-state index contributed by atoms with van der Waals surface area (Å²) in [5.41, 5.74) is 0. The molecule has 0 radical (unpaired) electrons. The van der Waals surface area contributed by atoms with Crippen LogP contribution in [0.5, 0.6) is 0 Å². The molecule has 0 spiro atoms. The fourth-order valence-electron chi connectivity index (χ4n) is 4.03. The number of rotatable bonds is 4. The van der Waals surface area contributed by atoms with E-state index in [2.05, 4.69) is 6.92 Å². The summed E-state index contributed by atoms with van der Waals surface area (Å²) in [6.07, 6.45) is 6.75. The molecule has 1 aliphatic carbocycles. The van der Waals surface area contributed by atoms with E-state index in [1.807, 2.05) is 0 Å². The summed E-state index contributed by atoms with van der Waals surface area (Å²) in [6, 6.07) is 0. The Balaban J connectivity index is 1.99. The van der Waals surface area contributed by atoms with E-state index < -0.39 is 16.0 Å². The third-order valence-electron chi connectivity index (χ3n) is 5.15. The van der Waals surface area contributed by atoms with Gasteiger partial charge in [0.2, 0.25) is 10.0 Å². The van der Waals surface area contributed by atoms with E-state index in [1.165, 1.54) is 6.26 Å². The first-order chi connectivity index (χ1) is 9.77. The minimum atomic E-state index is -3.12. The van der Waals surface area contributed by atoms with Crippen LogP contribution in [0.25, 0.3) is 0 Å². The van der Waals surface area contributed by atoms with Crippen LogP contribution in [0.2, 0.25) is 0 Å². The van der Waals surface area contributed by atoms with Gasteiger partial charge in [-0.3, -0.25) is 4.79 Å². The number of carboxylic acids is 1. The van der Waals surface area contributed by atoms with Crippen molar-refractivity contribution in [1.29, 1.82) is 0 Å². The maximum atomic E-state index is 11.7. The van der Waals surface area contributed by atoms with Crippen LogP contribution in [-0.4, -0.2) is 43.1 Å². The SMILES string of the molecule is CC1CCC(C(=O)O)C(CC2CCCN(S(C)(=O)=O)C2)C1. The second-order valence-electron chi connectivity index (χ2n) is 6.99. The summed E-state index contributed by atoms with van der Waals surface area (Å²) >= 11 is 0. The Hall–Kier alpha value is -0.620. The average molecular weight is 317 g/mol. The van der Waals surface area contributed by atoms with E-state index in [4.69, 9.17) is 0 Å². The zero-order chi connectivity index (χ0) is 15.6. The Morgan fingerprint density at radius 1 is 1.29 bits per heavy atom. The van der Waals surface area contributed by atoms with E-state index in [1.54, 1.807) is 4.31 Å². The predicted octanol–water partition coefficient (Wildman–Crippen LogP) is 2.19. The Morgan fingerprint density at radius 3 is 2.62 bits per heavy atom. The van der Waals surface area contributed by atoms with Gasteiger partial charge in [-0.2, -0.15) is 0 Å². The second-order valence-corrected chi connectivity index (χ2v) is 8.97. The van der Waals surface area contributed by atoms with Crippen molar-refractivity contribution in [3.8, 4) is 0 Å². The van der Waals surface area contributed by atoms with Crippen LogP contribution in [0.15, 0.2) is 0 Å². The Morgan fingerprint density at radius 2 is 2.00 bits per heavy atom. The minimum absolute atomic E-state index is 0.204. The van der Waals surface area contributed by atoms with Gasteiger partial charge in [0, 0.05) is 13.1 Å². The van der Waals surface area contributed by atoms with Crippen LogP contribution in [-0.2, 0) is 14.8 Å². The molecule has 4 unspecified atom stereocenters. The van der Waals surface area contributed by atoms with Gasteiger partial charge in [-0.1, -0.05) is 6.92 Å². The van der Waals surface area contributed by atoms with Crippen molar-refractivity contribution in [3.63, 3.8) is 0 Å². The van der Waals surface area contributed by atoms with Gasteiger partial charge in [0.15, 0.2) is 0 Å². The largest absolute Gasteiger partial charge is 0.481 e. The maximum Gasteiger partial charge on any atom is 0.306 e. The lowest BCUT2D eigenvalue weighted by Gasteiger charge is -2.37. The second kappa shape index (κ2) is 6.65. The van der Waals surface area contributed by atoms with Crippen molar-refractivity contribution in [2.75, 3.05) is 19.3 Å². The van der Waals surface area contributed by atoms with Crippen LogP contribution >= 0.6 is 0 Å². The molecular formula is C15H27NO4S. The molecule has 1 aliphatic heterocycles. The summed E-state index contributed by atoms with van der Waals surface area (Å²) in [5, 5.41) is 9.40. The molecule has 2 rings (SSSR count). The van der Waals surface area contributed by atoms with Crippen LogP contribution in [0.3, 0.4) is 0 Å². The van der Waals surface area contributed by atoms with Crippen molar-refractivity contribution in [1.82, 2.24) is 4.31 Å². The highest BCUT2D eigenvalue weighted by Gasteiger charge is 2.36. The normalized spacial score (nSPS) is 35.5. The van der Waals surface area contributed by atoms with Crippen molar-refractivity contribution in [2.24, 2.45) is 23.7 Å². The van der Waals surface area contributed by atoms with Crippen LogP contribution in [0, 0.1) is 23.7 Å². The number of carbonyl (C=O) groups is 1. The molecule has 0 aromatic carbocycles. The van der Waals surface area contributed by atoms with E-state index in [0.717, 1.165) is 38.5 Å². The van der Waals surface area contributed by atoms with Gasteiger partial charge in [-0.05, 0) is 56.3 Å². The number of sulfonamides is 1. The van der Waals surface area contributed by atoms with E-state index in [-0.39, 0.29) is 11.8 Å². The Labute approximate surface area is 127 Å². The first kappa shape index (κ1) is 16.7. The lowest BCUT2D eigenvalue weighted by Crippen LogP contribution is -2.41. The van der Waals surface area contributed by atoms with Gasteiger partial charge in [-0.15, -0.1) is 0 Å². The molecule has 1 saturated heterocycles. The molecule has 1 saturated carbocycles. The molecule has 0 aromatic rings. The predicted molar refractivity (Wildman–Crippen MR) is 81.4 cm³/mol. The van der Waals surface area contributed by atoms with E-state index >= 15 is 0 Å². The highest BCUT2D eigenvalue weighted by Crippen LogP contribution is 2.39. The number of aliphatic carboxylic acids is 1. The third kappa shape index (κ3) is 4.42. The minimum Gasteiger partial charge on any atom is -0.481 e. The molecule has 2 fully saturated rings. The maximum absolute atomic E-state index is 11.7. The van der Waals surface area contributed by atoms with Gasteiger partial charge in [0.1, 0.15) is 0 Å². The molecule has 21 heavy (non-hydrogen) atoms. The first-order valence-corrected chi connectivity index (χ1v) is 9.80. The van der Waals surface area contributed by atoms with E-state index in [9.17, 15) is 18.3 Å². The lowest BCUT2D eigenvalue weighted by atomic mass is 9.70. The molecule has 0 bridgehead atoms. The summed E-state index contributed by atoms with van der Waals surface area (Å²) < 4.78 is 24.9. The summed E-state index contributed by atoms with van der Waals surface area (Å²) in [5.74, 6) is 0.180. The van der Waals surface area contributed by atoms with Gasteiger partial charge in [-0.25, -0.2) is 12.7 Å². The number of hydrogen-bond donors (Lipinski definition) is 1. The van der Waals surface area contributed by atoms with E-state index in [0.29, 0.717) is 24.9 Å². The van der Waals surface area contributed by atoms with Crippen molar-refractivity contribution in [2.45, 2.75) is 45.4 Å². The molecule has 5 nitrogen and oxygen atoms in total. The van der Waals surface area contributed by atoms with Crippen LogP contribution < -0.4 is 0 Å².